The molecule has 0 radical (unpaired) electrons. The summed E-state index contributed by atoms with van der Waals surface area (Å²) >= 11 is 0. The predicted molar refractivity (Wildman–Crippen MR) is 60.8 cm³/mol. The molecule has 0 spiro atoms. The number of aliphatic carboxylic acids is 1. The molecule has 2 nitrogen and oxygen atoms in total. The van der Waals surface area contributed by atoms with E-state index in [1.165, 1.54) is 6.07 Å². The van der Waals surface area contributed by atoms with Crippen LogP contribution in [-0.4, -0.2) is 11.1 Å². The van der Waals surface area contributed by atoms with Crippen molar-refractivity contribution in [2.75, 3.05) is 0 Å². The minimum Gasteiger partial charge on any atom is -0.481 e. The first-order valence-corrected chi connectivity index (χ1v) is 5.59. The quantitative estimate of drug-likeness (QED) is 0.832. The smallest absolute Gasteiger partial charge is 0.311 e. The van der Waals surface area contributed by atoms with Crippen molar-refractivity contribution in [1.82, 2.24) is 0 Å². The van der Waals surface area contributed by atoms with Crippen LogP contribution in [0.5, 0.6) is 0 Å². The fraction of sp³-hybridized carbons (Fsp3) is 0.462. The topological polar surface area (TPSA) is 37.3 Å². The third kappa shape index (κ3) is 2.60. The lowest BCUT2D eigenvalue weighted by atomic mass is 9.82. The Bertz CT molecular complexity index is 359. The van der Waals surface area contributed by atoms with Crippen LogP contribution >= 0.6 is 0 Å². The average Bonchev–Trinajstić information content (AvgIpc) is 2.27. The van der Waals surface area contributed by atoms with Gasteiger partial charge in [-0.05, 0) is 12.0 Å². The van der Waals surface area contributed by atoms with Gasteiger partial charge in [0.2, 0.25) is 0 Å². The molecule has 0 aromatic heterocycles. The zero-order valence-corrected chi connectivity index (χ0v) is 9.61. The molecule has 0 aliphatic carbocycles. The van der Waals surface area contributed by atoms with Gasteiger partial charge in [0, 0.05) is 5.56 Å². The molecular formula is C13H17FO2. The zero-order valence-electron chi connectivity index (χ0n) is 9.61. The Hall–Kier alpha value is -1.38. The number of halogens is 1. The summed E-state index contributed by atoms with van der Waals surface area (Å²) in [5.74, 6) is -2.13. The fourth-order valence-electron chi connectivity index (χ4n) is 2.08. The van der Waals surface area contributed by atoms with Gasteiger partial charge in [-0.3, -0.25) is 4.79 Å². The second kappa shape index (κ2) is 5.64. The number of benzene rings is 1. The lowest BCUT2D eigenvalue weighted by Crippen LogP contribution is -2.21. The molecule has 0 heterocycles. The van der Waals surface area contributed by atoms with Crippen LogP contribution in [0.3, 0.4) is 0 Å². The molecule has 1 aromatic carbocycles. The minimum absolute atomic E-state index is 0.0191. The molecule has 0 saturated heterocycles. The second-order valence-corrected chi connectivity index (χ2v) is 3.91. The Balaban J connectivity index is 3.12. The van der Waals surface area contributed by atoms with Gasteiger partial charge in [-0.2, -0.15) is 0 Å². The highest BCUT2D eigenvalue weighted by molar-refractivity contribution is 5.76. The van der Waals surface area contributed by atoms with Gasteiger partial charge in [0.1, 0.15) is 5.82 Å². The molecule has 3 heteroatoms. The third-order valence-corrected chi connectivity index (χ3v) is 3.03. The monoisotopic (exact) mass is 224 g/mol. The van der Waals surface area contributed by atoms with Crippen molar-refractivity contribution in [3.8, 4) is 0 Å². The maximum absolute atomic E-state index is 13.6. The van der Waals surface area contributed by atoms with Gasteiger partial charge in [0.15, 0.2) is 0 Å². The van der Waals surface area contributed by atoms with E-state index in [9.17, 15) is 14.3 Å². The highest BCUT2D eigenvalue weighted by Crippen LogP contribution is 2.31. The van der Waals surface area contributed by atoms with E-state index in [2.05, 4.69) is 0 Å². The van der Waals surface area contributed by atoms with E-state index in [-0.39, 0.29) is 5.92 Å². The van der Waals surface area contributed by atoms with E-state index in [1.54, 1.807) is 18.2 Å². The van der Waals surface area contributed by atoms with Gasteiger partial charge in [0.25, 0.3) is 0 Å². The summed E-state index contributed by atoms with van der Waals surface area (Å²) in [6, 6.07) is 6.13. The van der Waals surface area contributed by atoms with E-state index in [0.29, 0.717) is 5.56 Å². The van der Waals surface area contributed by atoms with Crippen LogP contribution in [-0.2, 0) is 4.79 Å². The standard InChI is InChI=1S/C13H17FO2/c1-3-9(4-2)12(13(15)16)10-7-5-6-8-11(10)14/h5-9,12H,3-4H2,1-2H3,(H,15,16). The molecule has 1 N–H and O–H groups in total. The van der Waals surface area contributed by atoms with Crippen LogP contribution in [0.4, 0.5) is 4.39 Å². The Morgan fingerprint density at radius 1 is 1.31 bits per heavy atom. The molecule has 1 atom stereocenters. The average molecular weight is 224 g/mol. The first-order chi connectivity index (χ1) is 7.61. The van der Waals surface area contributed by atoms with Crippen molar-refractivity contribution in [2.24, 2.45) is 5.92 Å². The van der Waals surface area contributed by atoms with E-state index in [4.69, 9.17) is 0 Å². The van der Waals surface area contributed by atoms with Crippen LogP contribution in [0.15, 0.2) is 24.3 Å². The molecular weight excluding hydrogens is 207 g/mol. The summed E-state index contributed by atoms with van der Waals surface area (Å²) < 4.78 is 13.6. The normalized spacial score (nSPS) is 12.8. The molecule has 1 rings (SSSR count). The molecule has 0 amide bonds. The van der Waals surface area contributed by atoms with Crippen LogP contribution in [0.1, 0.15) is 38.2 Å². The molecule has 0 aliphatic rings. The molecule has 1 aromatic rings. The predicted octanol–water partition coefficient (Wildman–Crippen LogP) is 3.43. The van der Waals surface area contributed by atoms with Crippen molar-refractivity contribution in [2.45, 2.75) is 32.6 Å². The Morgan fingerprint density at radius 3 is 2.31 bits per heavy atom. The molecule has 16 heavy (non-hydrogen) atoms. The third-order valence-electron chi connectivity index (χ3n) is 3.03. The van der Waals surface area contributed by atoms with Gasteiger partial charge in [-0.25, -0.2) is 4.39 Å². The van der Waals surface area contributed by atoms with Gasteiger partial charge in [-0.1, -0.05) is 44.9 Å². The van der Waals surface area contributed by atoms with E-state index in [0.717, 1.165) is 12.8 Å². The first kappa shape index (κ1) is 12.7. The Labute approximate surface area is 95.1 Å². The molecule has 1 unspecified atom stereocenters. The largest absolute Gasteiger partial charge is 0.481 e. The summed E-state index contributed by atoms with van der Waals surface area (Å²) in [6.07, 6.45) is 1.48. The van der Waals surface area contributed by atoms with Crippen molar-refractivity contribution in [1.29, 1.82) is 0 Å². The highest BCUT2D eigenvalue weighted by atomic mass is 19.1. The Kier molecular flexibility index (Phi) is 4.47. The van der Waals surface area contributed by atoms with Crippen LogP contribution < -0.4 is 0 Å². The van der Waals surface area contributed by atoms with Crippen molar-refractivity contribution >= 4 is 5.97 Å². The van der Waals surface area contributed by atoms with Crippen molar-refractivity contribution < 1.29 is 14.3 Å². The summed E-state index contributed by atoms with van der Waals surface area (Å²) in [5, 5.41) is 9.22. The molecule has 0 fully saturated rings. The summed E-state index contributed by atoms with van der Waals surface area (Å²) in [4.78, 5) is 11.2. The van der Waals surface area contributed by atoms with E-state index in [1.807, 2.05) is 13.8 Å². The molecule has 88 valence electrons. The second-order valence-electron chi connectivity index (χ2n) is 3.91. The number of carboxylic acid groups (broad SMARTS) is 1. The molecule has 0 bridgehead atoms. The number of carboxylic acids is 1. The minimum atomic E-state index is -0.946. The summed E-state index contributed by atoms with van der Waals surface area (Å²) in [6.45, 7) is 3.87. The first-order valence-electron chi connectivity index (χ1n) is 5.59. The van der Waals surface area contributed by atoms with Crippen molar-refractivity contribution in [3.05, 3.63) is 35.6 Å². The van der Waals surface area contributed by atoms with Gasteiger partial charge < -0.3 is 5.11 Å². The lowest BCUT2D eigenvalue weighted by molar-refractivity contribution is -0.140. The SMILES string of the molecule is CCC(CC)C(C(=O)O)c1ccccc1F. The summed E-state index contributed by atoms with van der Waals surface area (Å²) in [7, 11) is 0. The van der Waals surface area contributed by atoms with Crippen LogP contribution in [0.2, 0.25) is 0 Å². The number of hydrogen-bond donors (Lipinski definition) is 1. The van der Waals surface area contributed by atoms with Gasteiger partial charge >= 0.3 is 5.97 Å². The molecule has 0 aliphatic heterocycles. The van der Waals surface area contributed by atoms with Crippen LogP contribution in [0, 0.1) is 11.7 Å². The highest BCUT2D eigenvalue weighted by Gasteiger charge is 2.29. The van der Waals surface area contributed by atoms with E-state index >= 15 is 0 Å². The van der Waals surface area contributed by atoms with Crippen molar-refractivity contribution in [3.63, 3.8) is 0 Å². The number of carbonyl (C=O) groups is 1. The number of rotatable bonds is 5. The van der Waals surface area contributed by atoms with Gasteiger partial charge in [0.05, 0.1) is 5.92 Å². The van der Waals surface area contributed by atoms with Crippen LogP contribution in [0.25, 0.3) is 0 Å². The maximum Gasteiger partial charge on any atom is 0.311 e. The Morgan fingerprint density at radius 2 is 1.88 bits per heavy atom. The van der Waals surface area contributed by atoms with Gasteiger partial charge in [-0.15, -0.1) is 0 Å². The lowest BCUT2D eigenvalue weighted by Gasteiger charge is -2.22. The fourth-order valence-corrected chi connectivity index (χ4v) is 2.08. The maximum atomic E-state index is 13.6. The number of hydrogen-bond acceptors (Lipinski definition) is 1. The zero-order chi connectivity index (χ0) is 12.1. The summed E-state index contributed by atoms with van der Waals surface area (Å²) in [5.41, 5.74) is 0.295. The van der Waals surface area contributed by atoms with E-state index < -0.39 is 17.7 Å². The molecule has 0 saturated carbocycles.